The molecule has 4 nitrogen and oxygen atoms in total. The maximum atomic E-state index is 11.9. The van der Waals surface area contributed by atoms with E-state index < -0.39 is 0 Å². The zero-order chi connectivity index (χ0) is 15.2. The zero-order valence-electron chi connectivity index (χ0n) is 10.8. The molecule has 2 rings (SSSR count). The lowest BCUT2D eigenvalue weighted by molar-refractivity contribution is -0.118. The van der Waals surface area contributed by atoms with E-state index in [1.165, 1.54) is 0 Å². The number of nitrogens with zero attached hydrogens (tertiary/aromatic N) is 1. The van der Waals surface area contributed by atoms with Gasteiger partial charge in [-0.2, -0.15) is 5.26 Å². The first-order chi connectivity index (χ1) is 10.1. The summed E-state index contributed by atoms with van der Waals surface area (Å²) in [5.41, 5.74) is 0.943. The first-order valence-corrected chi connectivity index (χ1v) is 7.14. The molecule has 0 fully saturated rings. The van der Waals surface area contributed by atoms with Crippen LogP contribution >= 0.6 is 27.5 Å². The minimum atomic E-state index is -0.342. The highest BCUT2D eigenvalue weighted by atomic mass is 79.9. The maximum Gasteiger partial charge on any atom is 0.262 e. The molecule has 0 saturated heterocycles. The summed E-state index contributed by atoms with van der Waals surface area (Å²) in [6.07, 6.45) is 0. The standard InChI is InChI=1S/C15H10BrClN2O2/c16-15-11(17)5-3-6-12(15)19-14(20)9-21-13-7-2-1-4-10(13)8-18/h1-7H,9H2,(H,19,20). The van der Waals surface area contributed by atoms with Gasteiger partial charge in [0.05, 0.1) is 20.7 Å². The number of para-hydroxylation sites is 1. The van der Waals surface area contributed by atoms with Gasteiger partial charge in [0.15, 0.2) is 6.61 Å². The quantitative estimate of drug-likeness (QED) is 0.891. The number of nitriles is 1. The van der Waals surface area contributed by atoms with E-state index in [1.807, 2.05) is 6.07 Å². The molecule has 6 heteroatoms. The largest absolute Gasteiger partial charge is 0.482 e. The molecule has 21 heavy (non-hydrogen) atoms. The Kier molecular flexibility index (Phi) is 5.20. The highest BCUT2D eigenvalue weighted by Crippen LogP contribution is 2.29. The van der Waals surface area contributed by atoms with Crippen LogP contribution in [0, 0.1) is 11.3 Å². The van der Waals surface area contributed by atoms with Crippen molar-refractivity contribution < 1.29 is 9.53 Å². The Morgan fingerprint density at radius 3 is 2.81 bits per heavy atom. The Balaban J connectivity index is 2.00. The summed E-state index contributed by atoms with van der Waals surface area (Å²) in [6.45, 7) is -0.197. The topological polar surface area (TPSA) is 62.1 Å². The monoisotopic (exact) mass is 364 g/mol. The summed E-state index contributed by atoms with van der Waals surface area (Å²) >= 11 is 9.24. The molecule has 0 aliphatic carbocycles. The molecule has 0 bridgehead atoms. The molecule has 0 heterocycles. The van der Waals surface area contributed by atoms with Crippen LogP contribution in [0.15, 0.2) is 46.9 Å². The van der Waals surface area contributed by atoms with Crippen LogP contribution in [-0.4, -0.2) is 12.5 Å². The molecular formula is C15H10BrClN2O2. The van der Waals surface area contributed by atoms with Crippen LogP contribution in [0.5, 0.6) is 5.75 Å². The minimum Gasteiger partial charge on any atom is -0.482 e. The van der Waals surface area contributed by atoms with Crippen molar-refractivity contribution in [3.63, 3.8) is 0 Å². The fourth-order valence-electron chi connectivity index (χ4n) is 1.61. The Morgan fingerprint density at radius 2 is 2.05 bits per heavy atom. The fraction of sp³-hybridized carbons (Fsp3) is 0.0667. The van der Waals surface area contributed by atoms with Crippen molar-refractivity contribution in [1.82, 2.24) is 0 Å². The van der Waals surface area contributed by atoms with Crippen molar-refractivity contribution in [3.8, 4) is 11.8 Å². The molecule has 0 aromatic heterocycles. The van der Waals surface area contributed by atoms with Gasteiger partial charge in [0, 0.05) is 0 Å². The number of carbonyl (C=O) groups excluding carboxylic acids is 1. The summed E-state index contributed by atoms with van der Waals surface area (Å²) in [7, 11) is 0. The summed E-state index contributed by atoms with van der Waals surface area (Å²) in [5, 5.41) is 12.1. The summed E-state index contributed by atoms with van der Waals surface area (Å²) in [5.74, 6) is 0.0334. The smallest absolute Gasteiger partial charge is 0.262 e. The second kappa shape index (κ2) is 7.11. The third-order valence-corrected chi connectivity index (χ3v) is 3.99. The number of carbonyl (C=O) groups is 1. The molecule has 0 aliphatic rings. The van der Waals surface area contributed by atoms with Gasteiger partial charge in [-0.3, -0.25) is 4.79 Å². The van der Waals surface area contributed by atoms with Crippen molar-refractivity contribution in [2.45, 2.75) is 0 Å². The first-order valence-electron chi connectivity index (χ1n) is 5.97. The van der Waals surface area contributed by atoms with Gasteiger partial charge in [0.2, 0.25) is 0 Å². The number of nitrogens with one attached hydrogen (secondary N) is 1. The van der Waals surface area contributed by atoms with Crippen LogP contribution in [0.3, 0.4) is 0 Å². The molecule has 0 unspecified atom stereocenters. The molecule has 0 radical (unpaired) electrons. The summed E-state index contributed by atoms with van der Waals surface area (Å²) < 4.78 is 5.96. The number of anilines is 1. The second-order valence-electron chi connectivity index (χ2n) is 4.05. The SMILES string of the molecule is N#Cc1ccccc1OCC(=O)Nc1cccc(Cl)c1Br. The summed E-state index contributed by atoms with van der Waals surface area (Å²) in [6, 6.07) is 13.9. The highest BCUT2D eigenvalue weighted by molar-refractivity contribution is 9.10. The van der Waals surface area contributed by atoms with Gasteiger partial charge in [0.25, 0.3) is 5.91 Å². The molecular weight excluding hydrogens is 356 g/mol. The van der Waals surface area contributed by atoms with E-state index in [0.29, 0.717) is 26.5 Å². The Morgan fingerprint density at radius 1 is 1.29 bits per heavy atom. The Bertz CT molecular complexity index is 713. The van der Waals surface area contributed by atoms with Crippen molar-refractivity contribution in [2.24, 2.45) is 0 Å². The number of hydrogen-bond donors (Lipinski definition) is 1. The van der Waals surface area contributed by atoms with Gasteiger partial charge >= 0.3 is 0 Å². The first kappa shape index (κ1) is 15.4. The summed E-state index contributed by atoms with van der Waals surface area (Å²) in [4.78, 5) is 11.9. The molecule has 2 aromatic rings. The van der Waals surface area contributed by atoms with Crippen LogP contribution < -0.4 is 10.1 Å². The average molecular weight is 366 g/mol. The van der Waals surface area contributed by atoms with Gasteiger partial charge in [-0.1, -0.05) is 29.8 Å². The normalized spacial score (nSPS) is 9.76. The lowest BCUT2D eigenvalue weighted by atomic mass is 10.2. The van der Waals surface area contributed by atoms with Crippen molar-refractivity contribution in [1.29, 1.82) is 5.26 Å². The minimum absolute atomic E-state index is 0.197. The number of rotatable bonds is 4. The number of halogens is 2. The van der Waals surface area contributed by atoms with Gasteiger partial charge in [-0.05, 0) is 40.2 Å². The zero-order valence-corrected chi connectivity index (χ0v) is 13.1. The number of ether oxygens (including phenoxy) is 1. The fourth-order valence-corrected chi connectivity index (χ4v) is 2.15. The number of hydrogen-bond acceptors (Lipinski definition) is 3. The van der Waals surface area contributed by atoms with Crippen molar-refractivity contribution >= 4 is 39.1 Å². The molecule has 1 amide bonds. The number of amides is 1. The third kappa shape index (κ3) is 3.97. The van der Waals surface area contributed by atoms with Crippen LogP contribution in [0.1, 0.15) is 5.56 Å². The Labute approximate surface area is 135 Å². The lowest BCUT2D eigenvalue weighted by Gasteiger charge is -2.10. The van der Waals surface area contributed by atoms with E-state index in [9.17, 15) is 4.79 Å². The van der Waals surface area contributed by atoms with E-state index in [1.54, 1.807) is 42.5 Å². The molecule has 0 spiro atoms. The van der Waals surface area contributed by atoms with E-state index in [4.69, 9.17) is 21.6 Å². The van der Waals surface area contributed by atoms with Crippen molar-refractivity contribution in [2.75, 3.05) is 11.9 Å². The van der Waals surface area contributed by atoms with Crippen LogP contribution in [0.25, 0.3) is 0 Å². The molecule has 106 valence electrons. The van der Waals surface area contributed by atoms with Gasteiger partial charge in [0.1, 0.15) is 11.8 Å². The van der Waals surface area contributed by atoms with Gasteiger partial charge < -0.3 is 10.1 Å². The third-order valence-electron chi connectivity index (χ3n) is 2.59. The van der Waals surface area contributed by atoms with Gasteiger partial charge in [-0.25, -0.2) is 0 Å². The molecule has 0 aliphatic heterocycles. The predicted molar refractivity (Wildman–Crippen MR) is 84.4 cm³/mol. The van der Waals surface area contributed by atoms with Crippen LogP contribution in [0.2, 0.25) is 5.02 Å². The second-order valence-corrected chi connectivity index (χ2v) is 5.25. The van der Waals surface area contributed by atoms with E-state index in [0.717, 1.165) is 0 Å². The maximum absolute atomic E-state index is 11.9. The van der Waals surface area contributed by atoms with E-state index in [-0.39, 0.29) is 12.5 Å². The highest BCUT2D eigenvalue weighted by Gasteiger charge is 2.09. The molecule has 0 atom stereocenters. The van der Waals surface area contributed by atoms with Crippen LogP contribution in [0.4, 0.5) is 5.69 Å². The van der Waals surface area contributed by atoms with Crippen LogP contribution in [-0.2, 0) is 4.79 Å². The molecule has 1 N–H and O–H groups in total. The predicted octanol–water partition coefficient (Wildman–Crippen LogP) is 3.99. The molecule has 2 aromatic carbocycles. The van der Waals surface area contributed by atoms with Crippen molar-refractivity contribution in [3.05, 3.63) is 57.5 Å². The lowest BCUT2D eigenvalue weighted by Crippen LogP contribution is -2.20. The molecule has 0 saturated carbocycles. The van der Waals surface area contributed by atoms with E-state index >= 15 is 0 Å². The number of benzene rings is 2. The van der Waals surface area contributed by atoms with E-state index in [2.05, 4.69) is 21.2 Å². The average Bonchev–Trinajstić information content (AvgIpc) is 2.50. The van der Waals surface area contributed by atoms with Gasteiger partial charge in [-0.15, -0.1) is 0 Å². The Hall–Kier alpha value is -2.03.